The van der Waals surface area contributed by atoms with Crippen molar-refractivity contribution < 1.29 is 9.84 Å². The monoisotopic (exact) mass is 224 g/mol. The summed E-state index contributed by atoms with van der Waals surface area (Å²) in [7, 11) is 1.52. The summed E-state index contributed by atoms with van der Waals surface area (Å²) in [6.45, 7) is 3.07. The summed E-state index contributed by atoms with van der Waals surface area (Å²) in [5, 5.41) is 9.89. The minimum atomic E-state index is -0.676. The first-order valence-electron chi connectivity index (χ1n) is 5.15. The smallest absolute Gasteiger partial charge is 0.242 e. The summed E-state index contributed by atoms with van der Waals surface area (Å²) in [4.78, 5) is 9.99. The molecule has 1 aromatic heterocycles. The highest BCUT2D eigenvalue weighted by atomic mass is 16.5. The average Bonchev–Trinajstić information content (AvgIpc) is 2.59. The molecule has 0 amide bonds. The molecule has 1 atom stereocenters. The lowest BCUT2D eigenvalue weighted by molar-refractivity contribution is 0.0839. The van der Waals surface area contributed by atoms with Crippen molar-refractivity contribution in [3.05, 3.63) is 6.33 Å². The topological polar surface area (TPSA) is 84.5 Å². The van der Waals surface area contributed by atoms with Crippen LogP contribution in [0.4, 0.5) is 11.5 Å². The number of methoxy groups -OCH3 is 1. The minimum absolute atomic E-state index is 0.372. The van der Waals surface area contributed by atoms with Gasteiger partial charge in [-0.15, -0.1) is 0 Å². The maximum Gasteiger partial charge on any atom is 0.242 e. The highest BCUT2D eigenvalue weighted by Gasteiger charge is 2.33. The van der Waals surface area contributed by atoms with Gasteiger partial charge in [0.2, 0.25) is 5.88 Å². The third-order valence-electron chi connectivity index (χ3n) is 2.77. The molecule has 1 saturated heterocycles. The lowest BCUT2D eigenvalue weighted by atomic mass is 10.1. The highest BCUT2D eigenvalue weighted by molar-refractivity contribution is 5.68. The van der Waals surface area contributed by atoms with Crippen LogP contribution in [0.25, 0.3) is 0 Å². The summed E-state index contributed by atoms with van der Waals surface area (Å²) in [6.07, 6.45) is 2.12. The fourth-order valence-electron chi connectivity index (χ4n) is 1.91. The van der Waals surface area contributed by atoms with Crippen molar-refractivity contribution >= 4 is 11.5 Å². The molecule has 0 aliphatic carbocycles. The van der Waals surface area contributed by atoms with Gasteiger partial charge in [0.05, 0.1) is 12.7 Å². The Balaban J connectivity index is 2.28. The maximum atomic E-state index is 9.89. The molecule has 1 aliphatic rings. The van der Waals surface area contributed by atoms with Crippen LogP contribution in [-0.2, 0) is 0 Å². The zero-order valence-electron chi connectivity index (χ0n) is 9.47. The molecule has 6 nitrogen and oxygen atoms in total. The maximum absolute atomic E-state index is 9.89. The van der Waals surface area contributed by atoms with Crippen LogP contribution in [-0.4, -0.2) is 40.9 Å². The molecule has 0 bridgehead atoms. The molecule has 1 aliphatic heterocycles. The number of β-amino-alcohol motifs (C(OH)–C–C–N with tert-alkyl or cyclic N) is 1. The Morgan fingerprint density at radius 1 is 1.56 bits per heavy atom. The van der Waals surface area contributed by atoms with Gasteiger partial charge in [-0.05, 0) is 13.3 Å². The van der Waals surface area contributed by atoms with Crippen LogP contribution in [0.2, 0.25) is 0 Å². The summed E-state index contributed by atoms with van der Waals surface area (Å²) in [5.74, 6) is 1.00. The van der Waals surface area contributed by atoms with Crippen LogP contribution in [0.3, 0.4) is 0 Å². The second-order valence-electron chi connectivity index (χ2n) is 4.29. The molecule has 2 rings (SSSR count). The van der Waals surface area contributed by atoms with E-state index in [1.165, 1.54) is 13.4 Å². The van der Waals surface area contributed by atoms with Gasteiger partial charge in [-0.25, -0.2) is 4.98 Å². The van der Waals surface area contributed by atoms with Crippen LogP contribution in [0, 0.1) is 0 Å². The molecule has 0 aromatic carbocycles. The molecule has 16 heavy (non-hydrogen) atoms. The number of hydrogen-bond donors (Lipinski definition) is 2. The van der Waals surface area contributed by atoms with E-state index in [9.17, 15) is 5.11 Å². The standard InChI is InChI=1S/C10H16N4O2/c1-10(15)3-4-14(5-10)8-7(11)9(16-2)13-6-12-8/h6,15H,3-5,11H2,1-2H3. The number of hydrogen-bond acceptors (Lipinski definition) is 6. The van der Waals surface area contributed by atoms with Crippen LogP contribution in [0.15, 0.2) is 6.33 Å². The third kappa shape index (κ3) is 1.88. The van der Waals surface area contributed by atoms with Crippen molar-refractivity contribution in [1.29, 1.82) is 0 Å². The quantitative estimate of drug-likeness (QED) is 0.737. The van der Waals surface area contributed by atoms with Crippen molar-refractivity contribution in [3.63, 3.8) is 0 Å². The van der Waals surface area contributed by atoms with Gasteiger partial charge in [0, 0.05) is 13.1 Å². The van der Waals surface area contributed by atoms with E-state index in [1.807, 2.05) is 11.8 Å². The van der Waals surface area contributed by atoms with Gasteiger partial charge in [0.1, 0.15) is 12.0 Å². The van der Waals surface area contributed by atoms with Gasteiger partial charge in [-0.2, -0.15) is 4.98 Å². The summed E-state index contributed by atoms with van der Waals surface area (Å²) in [5.41, 5.74) is 5.63. The zero-order chi connectivity index (χ0) is 11.8. The van der Waals surface area contributed by atoms with Crippen molar-refractivity contribution in [2.45, 2.75) is 18.9 Å². The second-order valence-corrected chi connectivity index (χ2v) is 4.29. The van der Waals surface area contributed by atoms with E-state index in [1.54, 1.807) is 0 Å². The van der Waals surface area contributed by atoms with E-state index >= 15 is 0 Å². The molecule has 0 spiro atoms. The highest BCUT2D eigenvalue weighted by Crippen LogP contribution is 2.32. The first-order chi connectivity index (χ1) is 7.53. The molecular formula is C10H16N4O2. The molecular weight excluding hydrogens is 208 g/mol. The summed E-state index contributed by atoms with van der Waals surface area (Å²) < 4.78 is 5.03. The van der Waals surface area contributed by atoms with Gasteiger partial charge in [-0.1, -0.05) is 0 Å². The van der Waals surface area contributed by atoms with Crippen molar-refractivity contribution in [1.82, 2.24) is 9.97 Å². The molecule has 6 heteroatoms. The number of nitrogen functional groups attached to an aromatic ring is 1. The minimum Gasteiger partial charge on any atom is -0.479 e. The Morgan fingerprint density at radius 2 is 2.31 bits per heavy atom. The molecule has 88 valence electrons. The summed E-state index contributed by atoms with van der Waals surface area (Å²) in [6, 6.07) is 0. The third-order valence-corrected chi connectivity index (χ3v) is 2.77. The van der Waals surface area contributed by atoms with Gasteiger partial charge in [-0.3, -0.25) is 0 Å². The van der Waals surface area contributed by atoms with E-state index in [-0.39, 0.29) is 0 Å². The second kappa shape index (κ2) is 3.79. The summed E-state index contributed by atoms with van der Waals surface area (Å²) >= 11 is 0. The van der Waals surface area contributed by atoms with Crippen molar-refractivity contribution in [2.75, 3.05) is 30.8 Å². The first-order valence-corrected chi connectivity index (χ1v) is 5.15. The number of nitrogens with zero attached hydrogens (tertiary/aromatic N) is 3. The van der Waals surface area contributed by atoms with E-state index in [0.29, 0.717) is 30.4 Å². The fraction of sp³-hybridized carbons (Fsp3) is 0.600. The Morgan fingerprint density at radius 3 is 2.88 bits per heavy atom. The molecule has 1 unspecified atom stereocenters. The van der Waals surface area contributed by atoms with Crippen molar-refractivity contribution in [2.24, 2.45) is 0 Å². The Labute approximate surface area is 94.1 Å². The van der Waals surface area contributed by atoms with Gasteiger partial charge in [0.15, 0.2) is 5.82 Å². The number of rotatable bonds is 2. The number of anilines is 2. The Bertz CT molecular complexity index is 394. The largest absolute Gasteiger partial charge is 0.479 e. The zero-order valence-corrected chi connectivity index (χ0v) is 9.47. The van der Waals surface area contributed by atoms with Gasteiger partial charge in [0.25, 0.3) is 0 Å². The van der Waals surface area contributed by atoms with E-state index < -0.39 is 5.60 Å². The first kappa shape index (κ1) is 10.9. The normalized spacial score (nSPS) is 24.8. The predicted molar refractivity (Wildman–Crippen MR) is 60.5 cm³/mol. The van der Waals surface area contributed by atoms with Crippen LogP contribution in [0.5, 0.6) is 5.88 Å². The average molecular weight is 224 g/mol. The number of nitrogens with two attached hydrogens (primary N) is 1. The molecule has 0 radical (unpaired) electrons. The molecule has 0 saturated carbocycles. The van der Waals surface area contributed by atoms with Crippen LogP contribution in [0.1, 0.15) is 13.3 Å². The SMILES string of the molecule is COc1ncnc(N2CCC(C)(O)C2)c1N. The van der Waals surface area contributed by atoms with E-state index in [2.05, 4.69) is 9.97 Å². The molecule has 3 N–H and O–H groups in total. The number of aliphatic hydroxyl groups is 1. The molecule has 2 heterocycles. The number of aromatic nitrogens is 2. The van der Waals surface area contributed by atoms with Gasteiger partial charge >= 0.3 is 0 Å². The van der Waals surface area contributed by atoms with Crippen LogP contribution >= 0.6 is 0 Å². The lowest BCUT2D eigenvalue weighted by Gasteiger charge is -2.21. The lowest BCUT2D eigenvalue weighted by Crippen LogP contribution is -2.30. The molecule has 1 fully saturated rings. The van der Waals surface area contributed by atoms with Crippen LogP contribution < -0.4 is 15.4 Å². The fourth-order valence-corrected chi connectivity index (χ4v) is 1.91. The number of ether oxygens (including phenoxy) is 1. The van der Waals surface area contributed by atoms with E-state index in [0.717, 1.165) is 6.54 Å². The predicted octanol–water partition coefficient (Wildman–Crippen LogP) is 0.0285. The Kier molecular flexibility index (Phi) is 2.59. The molecule has 1 aromatic rings. The van der Waals surface area contributed by atoms with Crippen molar-refractivity contribution in [3.8, 4) is 5.88 Å². The van der Waals surface area contributed by atoms with Gasteiger partial charge < -0.3 is 20.5 Å². The van der Waals surface area contributed by atoms with E-state index in [4.69, 9.17) is 10.5 Å². The Hall–Kier alpha value is -1.56.